The Bertz CT molecular complexity index is 451. The van der Waals surface area contributed by atoms with E-state index in [-0.39, 0.29) is 10.7 Å². The van der Waals surface area contributed by atoms with Gasteiger partial charge in [-0.25, -0.2) is 0 Å². The summed E-state index contributed by atoms with van der Waals surface area (Å²) >= 11 is 5.90. The van der Waals surface area contributed by atoms with Crippen LogP contribution in [0, 0.1) is 16.0 Å². The van der Waals surface area contributed by atoms with Crippen LogP contribution in [0.15, 0.2) is 18.2 Å². The van der Waals surface area contributed by atoms with E-state index in [0.717, 1.165) is 12.1 Å². The minimum absolute atomic E-state index is 0.0427. The van der Waals surface area contributed by atoms with E-state index in [2.05, 4.69) is 12.2 Å². The molecule has 98 valence electrons. The van der Waals surface area contributed by atoms with Gasteiger partial charge in [0.1, 0.15) is 5.02 Å². The van der Waals surface area contributed by atoms with Gasteiger partial charge in [-0.3, -0.25) is 10.1 Å². The first kappa shape index (κ1) is 13.1. The van der Waals surface area contributed by atoms with Gasteiger partial charge in [0.15, 0.2) is 0 Å². The summed E-state index contributed by atoms with van der Waals surface area (Å²) in [5, 5.41) is 14.3. The van der Waals surface area contributed by atoms with E-state index in [1.165, 1.54) is 25.3 Å². The third-order valence-electron chi connectivity index (χ3n) is 3.61. The Balaban J connectivity index is 2.10. The number of halogens is 1. The molecular formula is C13H17ClN2O2. The summed E-state index contributed by atoms with van der Waals surface area (Å²) in [6, 6.07) is 5.26. The molecule has 1 aromatic carbocycles. The highest BCUT2D eigenvalue weighted by Gasteiger charge is 2.21. The average Bonchev–Trinajstić information content (AvgIpc) is 2.32. The Kier molecular flexibility index (Phi) is 4.07. The molecule has 0 aliphatic heterocycles. The molecule has 2 atom stereocenters. The SMILES string of the molecule is CC1CCCCC1Nc1ccc([N+](=O)[O-])c(Cl)c1. The Morgan fingerprint density at radius 1 is 1.39 bits per heavy atom. The minimum Gasteiger partial charge on any atom is -0.382 e. The second kappa shape index (κ2) is 5.57. The van der Waals surface area contributed by atoms with Crippen molar-refractivity contribution in [1.82, 2.24) is 0 Å². The highest BCUT2D eigenvalue weighted by Crippen LogP contribution is 2.30. The lowest BCUT2D eigenvalue weighted by atomic mass is 9.86. The molecule has 1 fully saturated rings. The van der Waals surface area contributed by atoms with Gasteiger partial charge in [0, 0.05) is 17.8 Å². The van der Waals surface area contributed by atoms with E-state index >= 15 is 0 Å². The summed E-state index contributed by atoms with van der Waals surface area (Å²) in [6.07, 6.45) is 4.91. The Labute approximate surface area is 111 Å². The van der Waals surface area contributed by atoms with E-state index in [1.54, 1.807) is 12.1 Å². The predicted molar refractivity (Wildman–Crippen MR) is 73.1 cm³/mol. The van der Waals surface area contributed by atoms with E-state index in [0.29, 0.717) is 12.0 Å². The maximum atomic E-state index is 10.7. The molecule has 2 unspecified atom stereocenters. The molecule has 1 N–H and O–H groups in total. The lowest BCUT2D eigenvalue weighted by Crippen LogP contribution is -2.30. The van der Waals surface area contributed by atoms with Crippen molar-refractivity contribution in [3.05, 3.63) is 33.3 Å². The molecule has 0 amide bonds. The summed E-state index contributed by atoms with van der Waals surface area (Å²) in [5.74, 6) is 0.632. The number of anilines is 1. The second-order valence-electron chi connectivity index (χ2n) is 4.94. The maximum absolute atomic E-state index is 10.7. The number of hydrogen-bond donors (Lipinski definition) is 1. The topological polar surface area (TPSA) is 55.2 Å². The first-order valence-electron chi connectivity index (χ1n) is 6.28. The smallest absolute Gasteiger partial charge is 0.288 e. The molecule has 1 saturated carbocycles. The average molecular weight is 269 g/mol. The van der Waals surface area contributed by atoms with Crippen LogP contribution in [0.3, 0.4) is 0 Å². The van der Waals surface area contributed by atoms with Crippen molar-refractivity contribution >= 4 is 23.0 Å². The number of nitro groups is 1. The molecule has 18 heavy (non-hydrogen) atoms. The van der Waals surface area contributed by atoms with Crippen molar-refractivity contribution in [3.8, 4) is 0 Å². The molecule has 0 radical (unpaired) electrons. The standard InChI is InChI=1S/C13H17ClN2O2/c1-9-4-2-3-5-12(9)15-10-6-7-13(16(17)18)11(14)8-10/h6-9,12,15H,2-5H2,1H3. The fourth-order valence-electron chi connectivity index (χ4n) is 2.49. The fourth-order valence-corrected chi connectivity index (χ4v) is 2.74. The summed E-state index contributed by atoms with van der Waals surface area (Å²) in [4.78, 5) is 10.2. The van der Waals surface area contributed by atoms with Crippen LogP contribution in [0.5, 0.6) is 0 Å². The fraction of sp³-hybridized carbons (Fsp3) is 0.538. The molecule has 5 heteroatoms. The molecule has 0 bridgehead atoms. The normalized spacial score (nSPS) is 23.7. The summed E-state index contributed by atoms with van der Waals surface area (Å²) in [5.41, 5.74) is 0.822. The first-order chi connectivity index (χ1) is 8.58. The van der Waals surface area contributed by atoms with Crippen molar-refractivity contribution in [2.75, 3.05) is 5.32 Å². The van der Waals surface area contributed by atoms with E-state index in [1.807, 2.05) is 0 Å². The molecule has 0 heterocycles. The van der Waals surface area contributed by atoms with Gasteiger partial charge in [0.05, 0.1) is 4.92 Å². The minimum atomic E-state index is -0.463. The van der Waals surface area contributed by atoms with E-state index in [9.17, 15) is 10.1 Å². The zero-order valence-corrected chi connectivity index (χ0v) is 11.1. The zero-order valence-electron chi connectivity index (χ0n) is 10.4. The van der Waals surface area contributed by atoms with Crippen molar-refractivity contribution in [3.63, 3.8) is 0 Å². The van der Waals surface area contributed by atoms with Crippen molar-refractivity contribution in [1.29, 1.82) is 0 Å². The molecule has 2 rings (SSSR count). The van der Waals surface area contributed by atoms with Gasteiger partial charge in [-0.1, -0.05) is 31.4 Å². The molecular weight excluding hydrogens is 252 g/mol. The monoisotopic (exact) mass is 268 g/mol. The maximum Gasteiger partial charge on any atom is 0.288 e. The summed E-state index contributed by atoms with van der Waals surface area (Å²) in [6.45, 7) is 2.24. The number of nitrogens with zero attached hydrogens (tertiary/aromatic N) is 1. The van der Waals surface area contributed by atoms with Crippen molar-refractivity contribution in [2.24, 2.45) is 5.92 Å². The molecule has 1 aromatic rings. The Morgan fingerprint density at radius 3 is 2.72 bits per heavy atom. The number of benzene rings is 1. The number of rotatable bonds is 3. The molecule has 1 aliphatic rings. The van der Waals surface area contributed by atoms with Crippen LogP contribution < -0.4 is 5.32 Å². The highest BCUT2D eigenvalue weighted by molar-refractivity contribution is 6.32. The number of nitrogens with one attached hydrogen (secondary N) is 1. The van der Waals surface area contributed by atoms with Gasteiger partial charge in [0.25, 0.3) is 5.69 Å². The molecule has 1 aliphatic carbocycles. The summed E-state index contributed by atoms with van der Waals surface area (Å²) in [7, 11) is 0. The van der Waals surface area contributed by atoms with Crippen LogP contribution in [0.4, 0.5) is 11.4 Å². The van der Waals surface area contributed by atoms with Crippen molar-refractivity contribution in [2.45, 2.75) is 38.6 Å². The largest absolute Gasteiger partial charge is 0.382 e. The van der Waals surface area contributed by atoms with E-state index in [4.69, 9.17) is 11.6 Å². The third kappa shape index (κ3) is 2.93. The van der Waals surface area contributed by atoms with Crippen LogP contribution in [0.25, 0.3) is 0 Å². The molecule has 0 aromatic heterocycles. The zero-order chi connectivity index (χ0) is 13.1. The lowest BCUT2D eigenvalue weighted by molar-refractivity contribution is -0.384. The van der Waals surface area contributed by atoms with Gasteiger partial charge in [0.2, 0.25) is 0 Å². The molecule has 0 spiro atoms. The van der Waals surface area contributed by atoms with Gasteiger partial charge < -0.3 is 5.32 Å². The molecule has 4 nitrogen and oxygen atoms in total. The van der Waals surface area contributed by atoms with Crippen LogP contribution in [0.2, 0.25) is 5.02 Å². The number of hydrogen-bond acceptors (Lipinski definition) is 3. The van der Waals surface area contributed by atoms with Crippen LogP contribution >= 0.6 is 11.6 Å². The molecule has 0 saturated heterocycles. The van der Waals surface area contributed by atoms with Crippen molar-refractivity contribution < 1.29 is 4.92 Å². The van der Waals surface area contributed by atoms with Crippen LogP contribution in [0.1, 0.15) is 32.6 Å². The Morgan fingerprint density at radius 2 is 2.11 bits per heavy atom. The lowest BCUT2D eigenvalue weighted by Gasteiger charge is -2.30. The van der Waals surface area contributed by atoms with Crippen LogP contribution in [-0.4, -0.2) is 11.0 Å². The quantitative estimate of drug-likeness (QED) is 0.659. The highest BCUT2D eigenvalue weighted by atomic mass is 35.5. The summed E-state index contributed by atoms with van der Waals surface area (Å²) < 4.78 is 0. The van der Waals surface area contributed by atoms with Gasteiger partial charge >= 0.3 is 0 Å². The van der Waals surface area contributed by atoms with Gasteiger partial charge in [-0.15, -0.1) is 0 Å². The van der Waals surface area contributed by atoms with E-state index < -0.39 is 4.92 Å². The third-order valence-corrected chi connectivity index (χ3v) is 3.91. The van der Waals surface area contributed by atoms with Gasteiger partial charge in [-0.05, 0) is 30.9 Å². The van der Waals surface area contributed by atoms with Crippen LogP contribution in [-0.2, 0) is 0 Å². The Hall–Kier alpha value is -1.29. The first-order valence-corrected chi connectivity index (χ1v) is 6.66. The number of nitro benzene ring substituents is 1. The second-order valence-corrected chi connectivity index (χ2v) is 5.34. The van der Waals surface area contributed by atoms with Gasteiger partial charge in [-0.2, -0.15) is 0 Å². The predicted octanol–water partition coefficient (Wildman–Crippen LogP) is 4.24.